The fourth-order valence-electron chi connectivity index (χ4n) is 1.58. The molecular formula is C7H16N2O. The molecule has 0 radical (unpaired) electrons. The Morgan fingerprint density at radius 2 is 2.40 bits per heavy atom. The molecule has 0 bridgehead atoms. The second-order valence-electron chi connectivity index (χ2n) is 3.49. The van der Waals surface area contributed by atoms with Gasteiger partial charge in [0.1, 0.15) is 0 Å². The molecule has 1 saturated heterocycles. The van der Waals surface area contributed by atoms with Crippen molar-refractivity contribution in [3.63, 3.8) is 0 Å². The van der Waals surface area contributed by atoms with Gasteiger partial charge in [-0.05, 0) is 20.4 Å². The fraction of sp³-hybridized carbons (Fsp3) is 1.00. The first-order valence-corrected chi connectivity index (χ1v) is 3.67. The SMILES string of the molecule is CC1CC(N)(CO)CN1C. The number of aliphatic hydroxyl groups is 1. The maximum Gasteiger partial charge on any atom is 0.0624 e. The van der Waals surface area contributed by atoms with Crippen LogP contribution in [0, 0.1) is 0 Å². The van der Waals surface area contributed by atoms with E-state index in [-0.39, 0.29) is 12.1 Å². The van der Waals surface area contributed by atoms with E-state index >= 15 is 0 Å². The number of nitrogens with two attached hydrogens (primary N) is 1. The number of likely N-dealkylation sites (N-methyl/N-ethyl adjacent to an activating group) is 1. The highest BCUT2D eigenvalue weighted by Crippen LogP contribution is 2.22. The molecule has 0 spiro atoms. The Bertz CT molecular complexity index is 117. The van der Waals surface area contributed by atoms with Crippen LogP contribution in [0.5, 0.6) is 0 Å². The highest BCUT2D eigenvalue weighted by Gasteiger charge is 2.36. The van der Waals surface area contributed by atoms with E-state index in [0.717, 1.165) is 13.0 Å². The molecule has 1 aliphatic heterocycles. The lowest BCUT2D eigenvalue weighted by Crippen LogP contribution is -2.45. The highest BCUT2D eigenvalue weighted by molar-refractivity contribution is 4.96. The third-order valence-corrected chi connectivity index (χ3v) is 2.33. The van der Waals surface area contributed by atoms with Crippen LogP contribution in [0.25, 0.3) is 0 Å². The minimum Gasteiger partial charge on any atom is -0.394 e. The highest BCUT2D eigenvalue weighted by atomic mass is 16.3. The number of hydrogen-bond donors (Lipinski definition) is 2. The molecule has 3 N–H and O–H groups in total. The quantitative estimate of drug-likeness (QED) is 0.516. The van der Waals surface area contributed by atoms with Crippen molar-refractivity contribution in [2.75, 3.05) is 20.2 Å². The predicted octanol–water partition coefficient (Wildman–Crippen LogP) is -0.600. The molecule has 10 heavy (non-hydrogen) atoms. The first-order chi connectivity index (χ1) is 4.57. The average molecular weight is 144 g/mol. The molecule has 0 aromatic carbocycles. The van der Waals surface area contributed by atoms with Crippen LogP contribution in [-0.4, -0.2) is 41.8 Å². The van der Waals surface area contributed by atoms with Gasteiger partial charge in [0.2, 0.25) is 0 Å². The summed E-state index contributed by atoms with van der Waals surface area (Å²) in [6.07, 6.45) is 0.903. The molecule has 0 aromatic heterocycles. The molecule has 1 aliphatic rings. The molecule has 60 valence electrons. The third-order valence-electron chi connectivity index (χ3n) is 2.33. The molecule has 3 heteroatoms. The summed E-state index contributed by atoms with van der Waals surface area (Å²) in [6.45, 7) is 3.04. The van der Waals surface area contributed by atoms with Gasteiger partial charge < -0.3 is 15.7 Å². The normalized spacial score (nSPS) is 42.6. The Labute approximate surface area is 61.8 Å². The molecule has 0 aromatic rings. The zero-order valence-corrected chi connectivity index (χ0v) is 6.67. The van der Waals surface area contributed by atoms with Gasteiger partial charge >= 0.3 is 0 Å². The van der Waals surface area contributed by atoms with Crippen molar-refractivity contribution in [3.8, 4) is 0 Å². The Hall–Kier alpha value is -0.120. The largest absolute Gasteiger partial charge is 0.394 e. The van der Waals surface area contributed by atoms with Crippen LogP contribution in [0.3, 0.4) is 0 Å². The number of nitrogens with zero attached hydrogens (tertiary/aromatic N) is 1. The molecule has 0 aliphatic carbocycles. The molecule has 1 rings (SSSR count). The van der Waals surface area contributed by atoms with Crippen molar-refractivity contribution in [2.24, 2.45) is 5.73 Å². The molecule has 2 unspecified atom stereocenters. The van der Waals surface area contributed by atoms with Crippen molar-refractivity contribution in [1.82, 2.24) is 4.90 Å². The topological polar surface area (TPSA) is 49.5 Å². The molecule has 1 fully saturated rings. The molecule has 0 amide bonds. The van der Waals surface area contributed by atoms with Crippen LogP contribution in [-0.2, 0) is 0 Å². The van der Waals surface area contributed by atoms with Crippen molar-refractivity contribution in [2.45, 2.75) is 24.9 Å². The van der Waals surface area contributed by atoms with E-state index in [1.54, 1.807) is 0 Å². The number of hydrogen-bond acceptors (Lipinski definition) is 3. The van der Waals surface area contributed by atoms with Gasteiger partial charge in [-0.1, -0.05) is 0 Å². The summed E-state index contributed by atoms with van der Waals surface area (Å²) in [5.41, 5.74) is 5.51. The van der Waals surface area contributed by atoms with Crippen LogP contribution in [0.15, 0.2) is 0 Å². The Morgan fingerprint density at radius 3 is 2.60 bits per heavy atom. The van der Waals surface area contributed by atoms with E-state index < -0.39 is 0 Å². The number of aliphatic hydroxyl groups excluding tert-OH is 1. The standard InChI is InChI=1S/C7H16N2O/c1-6-3-7(8,5-10)4-9(6)2/h6,10H,3-5,8H2,1-2H3. The van der Waals surface area contributed by atoms with E-state index in [4.69, 9.17) is 10.8 Å². The zero-order chi connectivity index (χ0) is 7.78. The summed E-state index contributed by atoms with van der Waals surface area (Å²) in [5.74, 6) is 0. The fourth-order valence-corrected chi connectivity index (χ4v) is 1.58. The van der Waals surface area contributed by atoms with E-state index in [2.05, 4.69) is 11.8 Å². The van der Waals surface area contributed by atoms with Crippen molar-refractivity contribution < 1.29 is 5.11 Å². The number of rotatable bonds is 1. The average Bonchev–Trinajstić information content (AvgIpc) is 2.10. The van der Waals surface area contributed by atoms with Crippen LogP contribution in [0.1, 0.15) is 13.3 Å². The minimum absolute atomic E-state index is 0.0989. The van der Waals surface area contributed by atoms with Crippen LogP contribution in [0.2, 0.25) is 0 Å². The molecule has 2 atom stereocenters. The first-order valence-electron chi connectivity index (χ1n) is 3.67. The Balaban J connectivity index is 2.55. The van der Waals surface area contributed by atoms with Gasteiger partial charge in [0.05, 0.1) is 12.1 Å². The van der Waals surface area contributed by atoms with E-state index in [1.165, 1.54) is 0 Å². The van der Waals surface area contributed by atoms with Crippen LogP contribution < -0.4 is 5.73 Å². The Kier molecular flexibility index (Phi) is 1.99. The van der Waals surface area contributed by atoms with Gasteiger partial charge in [0.25, 0.3) is 0 Å². The smallest absolute Gasteiger partial charge is 0.0624 e. The molecule has 3 nitrogen and oxygen atoms in total. The van der Waals surface area contributed by atoms with Crippen LogP contribution in [0.4, 0.5) is 0 Å². The summed E-state index contributed by atoms with van der Waals surface area (Å²) in [5, 5.41) is 8.91. The van der Waals surface area contributed by atoms with Gasteiger partial charge in [-0.15, -0.1) is 0 Å². The Morgan fingerprint density at radius 1 is 1.80 bits per heavy atom. The molecule has 0 saturated carbocycles. The second-order valence-corrected chi connectivity index (χ2v) is 3.49. The van der Waals surface area contributed by atoms with Crippen molar-refractivity contribution >= 4 is 0 Å². The second kappa shape index (κ2) is 2.49. The number of likely N-dealkylation sites (tertiary alicyclic amines) is 1. The maximum absolute atomic E-state index is 8.91. The van der Waals surface area contributed by atoms with E-state index in [1.807, 2.05) is 7.05 Å². The van der Waals surface area contributed by atoms with Crippen molar-refractivity contribution in [3.05, 3.63) is 0 Å². The lowest BCUT2D eigenvalue weighted by atomic mass is 9.99. The summed E-state index contributed by atoms with van der Waals surface area (Å²) < 4.78 is 0. The predicted molar refractivity (Wildman–Crippen MR) is 40.7 cm³/mol. The molecular weight excluding hydrogens is 128 g/mol. The summed E-state index contributed by atoms with van der Waals surface area (Å²) >= 11 is 0. The van der Waals surface area contributed by atoms with Gasteiger partial charge in [0, 0.05) is 12.6 Å². The third kappa shape index (κ3) is 1.31. The van der Waals surface area contributed by atoms with Gasteiger partial charge in [-0.2, -0.15) is 0 Å². The van der Waals surface area contributed by atoms with E-state index in [0.29, 0.717) is 6.04 Å². The lowest BCUT2D eigenvalue weighted by Gasteiger charge is -2.19. The summed E-state index contributed by atoms with van der Waals surface area (Å²) in [4.78, 5) is 2.18. The van der Waals surface area contributed by atoms with E-state index in [9.17, 15) is 0 Å². The van der Waals surface area contributed by atoms with Crippen LogP contribution >= 0.6 is 0 Å². The summed E-state index contributed by atoms with van der Waals surface area (Å²) in [6, 6.07) is 0.511. The minimum atomic E-state index is -0.339. The first kappa shape index (κ1) is 7.98. The zero-order valence-electron chi connectivity index (χ0n) is 6.67. The molecule has 1 heterocycles. The van der Waals surface area contributed by atoms with Gasteiger partial charge in [-0.3, -0.25) is 0 Å². The monoisotopic (exact) mass is 144 g/mol. The lowest BCUT2D eigenvalue weighted by molar-refractivity contribution is 0.198. The maximum atomic E-state index is 8.91. The van der Waals surface area contributed by atoms with Gasteiger partial charge in [0.15, 0.2) is 0 Å². The van der Waals surface area contributed by atoms with Crippen molar-refractivity contribution in [1.29, 1.82) is 0 Å². The summed E-state index contributed by atoms with van der Waals surface area (Å²) in [7, 11) is 2.04. The van der Waals surface area contributed by atoms with Gasteiger partial charge in [-0.25, -0.2) is 0 Å².